The van der Waals surface area contributed by atoms with Crippen molar-refractivity contribution in [2.24, 2.45) is 5.92 Å². The van der Waals surface area contributed by atoms with Gasteiger partial charge in [0.05, 0.1) is 6.04 Å². The van der Waals surface area contributed by atoms with E-state index in [1.165, 1.54) is 4.80 Å². The quantitative estimate of drug-likeness (QED) is 0.682. The fourth-order valence-corrected chi connectivity index (χ4v) is 2.87. The van der Waals surface area contributed by atoms with E-state index in [9.17, 15) is 4.79 Å². The third-order valence-electron chi connectivity index (χ3n) is 4.35. The lowest BCUT2D eigenvalue weighted by Gasteiger charge is -2.19. The van der Waals surface area contributed by atoms with Crippen molar-refractivity contribution in [2.45, 2.75) is 46.8 Å². The standard InChI is InChI=1S/C18H24N8O/c1-5-25-13(4)20-21-15(25)11-26-23-17(22-24-26)16(12(2)3)19-18(27)14-9-7-6-8-10-14/h6-10,12,16H,5,11H2,1-4H3,(H,19,27). The third kappa shape index (κ3) is 4.18. The SMILES string of the molecule is CCn1c(C)nnc1Cn1nnc(C(NC(=O)c2ccccc2)C(C)C)n1. The van der Waals surface area contributed by atoms with Crippen LogP contribution in [0.25, 0.3) is 0 Å². The Morgan fingerprint density at radius 3 is 2.56 bits per heavy atom. The second kappa shape index (κ2) is 8.07. The average molecular weight is 368 g/mol. The molecule has 3 aromatic rings. The minimum atomic E-state index is -0.336. The fourth-order valence-electron chi connectivity index (χ4n) is 2.87. The Bertz CT molecular complexity index is 899. The molecular weight excluding hydrogens is 344 g/mol. The molecule has 142 valence electrons. The molecule has 2 heterocycles. The molecule has 0 bridgehead atoms. The van der Waals surface area contributed by atoms with E-state index < -0.39 is 0 Å². The highest BCUT2D eigenvalue weighted by molar-refractivity contribution is 5.94. The number of amides is 1. The van der Waals surface area contributed by atoms with Crippen LogP contribution in [0, 0.1) is 12.8 Å². The first-order valence-corrected chi connectivity index (χ1v) is 9.01. The summed E-state index contributed by atoms with van der Waals surface area (Å²) in [6, 6.07) is 8.76. The zero-order valence-corrected chi connectivity index (χ0v) is 16.0. The summed E-state index contributed by atoms with van der Waals surface area (Å²) in [4.78, 5) is 14.0. The molecule has 1 aromatic carbocycles. The largest absolute Gasteiger partial charge is 0.342 e. The van der Waals surface area contributed by atoms with Gasteiger partial charge in [0.2, 0.25) is 0 Å². The van der Waals surface area contributed by atoms with Gasteiger partial charge in [0.1, 0.15) is 12.4 Å². The van der Waals surface area contributed by atoms with Gasteiger partial charge in [0.25, 0.3) is 5.91 Å². The maximum atomic E-state index is 12.5. The van der Waals surface area contributed by atoms with Crippen molar-refractivity contribution in [3.63, 3.8) is 0 Å². The molecule has 9 heteroatoms. The van der Waals surface area contributed by atoms with Crippen LogP contribution in [-0.4, -0.2) is 40.9 Å². The zero-order chi connectivity index (χ0) is 19.4. The van der Waals surface area contributed by atoms with E-state index in [1.54, 1.807) is 12.1 Å². The van der Waals surface area contributed by atoms with Gasteiger partial charge in [-0.25, -0.2) is 0 Å². The number of hydrogen-bond donors (Lipinski definition) is 1. The molecule has 2 aromatic heterocycles. The zero-order valence-electron chi connectivity index (χ0n) is 16.0. The van der Waals surface area contributed by atoms with Gasteiger partial charge in [-0.15, -0.1) is 20.4 Å². The first-order valence-electron chi connectivity index (χ1n) is 9.01. The summed E-state index contributed by atoms with van der Waals surface area (Å²) in [6.07, 6.45) is 0. The first kappa shape index (κ1) is 18.7. The van der Waals surface area contributed by atoms with Crippen molar-refractivity contribution < 1.29 is 4.79 Å². The minimum absolute atomic E-state index is 0.108. The van der Waals surface area contributed by atoms with Crippen molar-refractivity contribution in [2.75, 3.05) is 0 Å². The topological polar surface area (TPSA) is 103 Å². The monoisotopic (exact) mass is 368 g/mol. The number of nitrogens with zero attached hydrogens (tertiary/aromatic N) is 7. The Balaban J connectivity index is 1.76. The first-order chi connectivity index (χ1) is 13.0. The van der Waals surface area contributed by atoms with E-state index in [0.29, 0.717) is 17.9 Å². The fraction of sp³-hybridized carbons (Fsp3) is 0.444. The van der Waals surface area contributed by atoms with Gasteiger partial charge in [0, 0.05) is 12.1 Å². The number of tetrazole rings is 1. The predicted molar refractivity (Wildman–Crippen MR) is 98.8 cm³/mol. The molecule has 0 fully saturated rings. The normalized spacial score (nSPS) is 12.3. The Morgan fingerprint density at radius 1 is 1.15 bits per heavy atom. The maximum Gasteiger partial charge on any atom is 0.251 e. The summed E-state index contributed by atoms with van der Waals surface area (Å²) >= 11 is 0. The Morgan fingerprint density at radius 2 is 1.89 bits per heavy atom. The van der Waals surface area contributed by atoms with Crippen molar-refractivity contribution in [3.05, 3.63) is 53.4 Å². The van der Waals surface area contributed by atoms with Crippen molar-refractivity contribution >= 4 is 5.91 Å². The number of nitrogens with one attached hydrogen (secondary N) is 1. The maximum absolute atomic E-state index is 12.5. The van der Waals surface area contributed by atoms with Gasteiger partial charge >= 0.3 is 0 Å². The Kier molecular flexibility index (Phi) is 5.58. The van der Waals surface area contributed by atoms with Gasteiger partial charge in [-0.05, 0) is 37.1 Å². The second-order valence-corrected chi connectivity index (χ2v) is 6.65. The van der Waals surface area contributed by atoms with Crippen molar-refractivity contribution in [1.82, 2.24) is 40.3 Å². The molecular formula is C18H24N8O. The molecule has 0 saturated heterocycles. The van der Waals surface area contributed by atoms with Gasteiger partial charge in [0.15, 0.2) is 11.6 Å². The van der Waals surface area contributed by atoms with Gasteiger partial charge in [-0.2, -0.15) is 4.80 Å². The summed E-state index contributed by atoms with van der Waals surface area (Å²) in [5.41, 5.74) is 0.599. The minimum Gasteiger partial charge on any atom is -0.342 e. The van der Waals surface area contributed by atoms with E-state index in [0.717, 1.165) is 18.2 Å². The van der Waals surface area contributed by atoms with E-state index in [4.69, 9.17) is 0 Å². The summed E-state index contributed by atoms with van der Waals surface area (Å²) in [5, 5.41) is 24.0. The summed E-state index contributed by atoms with van der Waals surface area (Å²) < 4.78 is 2.00. The van der Waals surface area contributed by atoms with Gasteiger partial charge in [-0.1, -0.05) is 32.0 Å². The van der Waals surface area contributed by atoms with Crippen LogP contribution in [0.15, 0.2) is 30.3 Å². The molecule has 0 aliphatic heterocycles. The lowest BCUT2D eigenvalue weighted by molar-refractivity contribution is 0.0923. The highest BCUT2D eigenvalue weighted by Gasteiger charge is 2.24. The average Bonchev–Trinajstić information content (AvgIpc) is 3.26. The van der Waals surface area contributed by atoms with Crippen LogP contribution in [0.3, 0.4) is 0 Å². The molecule has 1 N–H and O–H groups in total. The predicted octanol–water partition coefficient (Wildman–Crippen LogP) is 1.77. The van der Waals surface area contributed by atoms with Crippen molar-refractivity contribution in [3.8, 4) is 0 Å². The third-order valence-corrected chi connectivity index (χ3v) is 4.35. The number of benzene rings is 1. The molecule has 0 aliphatic rings. The van der Waals surface area contributed by atoms with E-state index in [2.05, 4.69) is 30.9 Å². The molecule has 0 aliphatic carbocycles. The van der Waals surface area contributed by atoms with Crippen LogP contribution in [-0.2, 0) is 13.1 Å². The van der Waals surface area contributed by atoms with E-state index in [1.807, 2.05) is 50.5 Å². The lowest BCUT2D eigenvalue weighted by Crippen LogP contribution is -2.32. The number of carbonyl (C=O) groups excluding carboxylic acids is 1. The van der Waals surface area contributed by atoms with E-state index >= 15 is 0 Å². The summed E-state index contributed by atoms with van der Waals surface area (Å²) in [5.74, 6) is 2.05. The molecule has 0 spiro atoms. The molecule has 27 heavy (non-hydrogen) atoms. The number of aryl methyl sites for hydroxylation is 1. The van der Waals surface area contributed by atoms with Gasteiger partial charge < -0.3 is 9.88 Å². The molecule has 1 amide bonds. The molecule has 1 atom stereocenters. The molecule has 0 radical (unpaired) electrons. The van der Waals surface area contributed by atoms with Crippen LogP contribution in [0.4, 0.5) is 0 Å². The van der Waals surface area contributed by atoms with Crippen molar-refractivity contribution in [1.29, 1.82) is 0 Å². The second-order valence-electron chi connectivity index (χ2n) is 6.65. The molecule has 1 unspecified atom stereocenters. The molecule has 3 rings (SSSR count). The highest BCUT2D eigenvalue weighted by Crippen LogP contribution is 2.18. The number of carbonyl (C=O) groups is 1. The summed E-state index contributed by atoms with van der Waals surface area (Å²) in [7, 11) is 0. The van der Waals surface area contributed by atoms with Crippen LogP contribution in [0.2, 0.25) is 0 Å². The number of hydrogen-bond acceptors (Lipinski definition) is 6. The lowest BCUT2D eigenvalue weighted by atomic mass is 10.0. The number of aromatic nitrogens is 7. The van der Waals surface area contributed by atoms with Gasteiger partial charge in [-0.3, -0.25) is 4.79 Å². The van der Waals surface area contributed by atoms with Crippen LogP contribution < -0.4 is 5.32 Å². The van der Waals surface area contributed by atoms with E-state index in [-0.39, 0.29) is 17.9 Å². The Hall–Kier alpha value is -3.10. The Labute approximate surface area is 157 Å². The van der Waals surface area contributed by atoms with Crippen LogP contribution in [0.5, 0.6) is 0 Å². The smallest absolute Gasteiger partial charge is 0.251 e. The summed E-state index contributed by atoms with van der Waals surface area (Å²) in [6.45, 7) is 9.11. The van der Waals surface area contributed by atoms with Crippen LogP contribution in [0.1, 0.15) is 54.6 Å². The highest BCUT2D eigenvalue weighted by atomic mass is 16.1. The van der Waals surface area contributed by atoms with Crippen LogP contribution >= 0.6 is 0 Å². The molecule has 9 nitrogen and oxygen atoms in total. The molecule has 0 saturated carbocycles. The number of rotatable bonds is 7.